The molecule has 1 aliphatic heterocycles. The molecule has 19 heavy (non-hydrogen) atoms. The summed E-state index contributed by atoms with van der Waals surface area (Å²) in [6.07, 6.45) is 0.263. The topological polar surface area (TPSA) is 58.6 Å². The summed E-state index contributed by atoms with van der Waals surface area (Å²) in [4.78, 5) is 11.2. The Kier molecular flexibility index (Phi) is 4.10. The van der Waals surface area contributed by atoms with E-state index in [4.69, 9.17) is 4.74 Å². The van der Waals surface area contributed by atoms with Crippen LogP contribution in [0.2, 0.25) is 0 Å². The van der Waals surface area contributed by atoms with E-state index in [9.17, 15) is 9.90 Å². The molecule has 1 heterocycles. The molecule has 0 fully saturated rings. The number of benzene rings is 1. The van der Waals surface area contributed by atoms with E-state index in [-0.39, 0.29) is 17.9 Å². The summed E-state index contributed by atoms with van der Waals surface area (Å²) >= 11 is 0. The molecule has 1 aliphatic rings. The molecule has 2 N–H and O–H groups in total. The third-order valence-electron chi connectivity index (χ3n) is 3.42. The van der Waals surface area contributed by atoms with E-state index >= 15 is 0 Å². The van der Waals surface area contributed by atoms with Gasteiger partial charge in [-0.2, -0.15) is 0 Å². The predicted molar refractivity (Wildman–Crippen MR) is 72.9 cm³/mol. The van der Waals surface area contributed by atoms with E-state index in [2.05, 4.69) is 5.32 Å². The highest BCUT2D eigenvalue weighted by Gasteiger charge is 2.24. The molecule has 0 aliphatic carbocycles. The van der Waals surface area contributed by atoms with Crippen molar-refractivity contribution in [2.45, 2.75) is 39.3 Å². The number of aliphatic hydroxyl groups is 1. The number of aliphatic hydroxyl groups excluding tert-OH is 1. The van der Waals surface area contributed by atoms with Crippen molar-refractivity contribution in [3.05, 3.63) is 29.3 Å². The molecule has 1 amide bonds. The molecule has 2 atom stereocenters. The van der Waals surface area contributed by atoms with Crippen LogP contribution >= 0.6 is 0 Å². The maximum Gasteiger partial charge on any atom is 0.217 e. The molecule has 4 heteroatoms. The van der Waals surface area contributed by atoms with Crippen molar-refractivity contribution >= 4 is 5.91 Å². The van der Waals surface area contributed by atoms with E-state index < -0.39 is 6.10 Å². The van der Waals surface area contributed by atoms with E-state index in [1.54, 1.807) is 0 Å². The minimum atomic E-state index is -0.495. The predicted octanol–water partition coefficient (Wildman–Crippen LogP) is 2.34. The van der Waals surface area contributed by atoms with Gasteiger partial charge < -0.3 is 15.2 Å². The number of hydrogen-bond acceptors (Lipinski definition) is 3. The molecule has 1 aromatic carbocycles. The van der Waals surface area contributed by atoms with Crippen molar-refractivity contribution in [3.8, 4) is 5.75 Å². The number of nitrogens with one attached hydrogen (secondary N) is 1. The summed E-state index contributed by atoms with van der Waals surface area (Å²) in [6, 6.07) is 5.68. The third-order valence-corrected chi connectivity index (χ3v) is 3.42. The summed E-state index contributed by atoms with van der Waals surface area (Å²) in [7, 11) is 0. The highest BCUT2D eigenvalue weighted by atomic mass is 16.5. The Morgan fingerprint density at radius 3 is 2.84 bits per heavy atom. The molecule has 0 saturated heterocycles. The molecule has 2 unspecified atom stereocenters. The standard InChI is InChI=1S/C15H21NO3/c1-9(2)15(18)11-4-5-14-12(8-11)13(6-7-19-14)16-10(3)17/h4-5,8-9,13,15,18H,6-7H2,1-3H3,(H,16,17). The Bertz CT molecular complexity index is 470. The van der Waals surface area contributed by atoms with Crippen molar-refractivity contribution in [2.75, 3.05) is 6.61 Å². The fraction of sp³-hybridized carbons (Fsp3) is 0.533. The summed E-state index contributed by atoms with van der Waals surface area (Å²) in [5, 5.41) is 13.1. The van der Waals surface area contributed by atoms with Crippen LogP contribution in [0.3, 0.4) is 0 Å². The first-order chi connectivity index (χ1) is 8.99. The van der Waals surface area contributed by atoms with Gasteiger partial charge in [0.15, 0.2) is 0 Å². The van der Waals surface area contributed by atoms with Gasteiger partial charge in [-0.3, -0.25) is 4.79 Å². The van der Waals surface area contributed by atoms with Crippen LogP contribution in [-0.4, -0.2) is 17.6 Å². The quantitative estimate of drug-likeness (QED) is 0.880. The van der Waals surface area contributed by atoms with Crippen LogP contribution in [0.4, 0.5) is 0 Å². The lowest BCUT2D eigenvalue weighted by atomic mass is 9.93. The molecule has 104 valence electrons. The first-order valence-corrected chi connectivity index (χ1v) is 6.71. The van der Waals surface area contributed by atoms with E-state index in [0.29, 0.717) is 6.61 Å². The maximum atomic E-state index is 11.2. The molecular formula is C15H21NO3. The van der Waals surface area contributed by atoms with E-state index in [1.807, 2.05) is 32.0 Å². The first kappa shape index (κ1) is 13.9. The third kappa shape index (κ3) is 3.07. The second-order valence-electron chi connectivity index (χ2n) is 5.38. The van der Waals surface area contributed by atoms with Gasteiger partial charge in [0.2, 0.25) is 5.91 Å². The van der Waals surface area contributed by atoms with Crippen LogP contribution < -0.4 is 10.1 Å². The molecule has 2 rings (SSSR count). The average Bonchev–Trinajstić information content (AvgIpc) is 2.37. The first-order valence-electron chi connectivity index (χ1n) is 6.71. The lowest BCUT2D eigenvalue weighted by molar-refractivity contribution is -0.119. The maximum absolute atomic E-state index is 11.2. The van der Waals surface area contributed by atoms with Gasteiger partial charge in [-0.25, -0.2) is 0 Å². The number of ether oxygens (including phenoxy) is 1. The molecule has 0 saturated carbocycles. The van der Waals surface area contributed by atoms with Gasteiger partial charge in [-0.15, -0.1) is 0 Å². The monoisotopic (exact) mass is 263 g/mol. The van der Waals surface area contributed by atoms with Crippen molar-refractivity contribution in [1.29, 1.82) is 0 Å². The number of carbonyl (C=O) groups is 1. The Balaban J connectivity index is 2.32. The summed E-state index contributed by atoms with van der Waals surface area (Å²) < 4.78 is 5.60. The Morgan fingerprint density at radius 2 is 2.21 bits per heavy atom. The SMILES string of the molecule is CC(=O)NC1CCOc2ccc(C(O)C(C)C)cc21. The van der Waals surface area contributed by atoms with Crippen molar-refractivity contribution in [1.82, 2.24) is 5.32 Å². The van der Waals surface area contributed by atoms with Gasteiger partial charge in [-0.05, 0) is 23.6 Å². The average molecular weight is 263 g/mol. The number of fused-ring (bicyclic) bond motifs is 1. The van der Waals surface area contributed by atoms with Crippen molar-refractivity contribution in [2.24, 2.45) is 5.92 Å². The summed E-state index contributed by atoms with van der Waals surface area (Å²) in [5.74, 6) is 0.902. The summed E-state index contributed by atoms with van der Waals surface area (Å²) in [6.45, 7) is 6.07. The Hall–Kier alpha value is -1.55. The second kappa shape index (κ2) is 5.61. The molecule has 0 spiro atoms. The molecule has 0 bridgehead atoms. The lowest BCUT2D eigenvalue weighted by Gasteiger charge is -2.28. The fourth-order valence-corrected chi connectivity index (χ4v) is 2.38. The second-order valence-corrected chi connectivity index (χ2v) is 5.38. The molecular weight excluding hydrogens is 242 g/mol. The number of carbonyl (C=O) groups excluding carboxylic acids is 1. The van der Waals surface area contributed by atoms with Gasteiger partial charge in [0.1, 0.15) is 5.75 Å². The van der Waals surface area contributed by atoms with E-state index in [0.717, 1.165) is 23.3 Å². The van der Waals surface area contributed by atoms with Crippen molar-refractivity contribution < 1.29 is 14.6 Å². The van der Waals surface area contributed by atoms with Crippen LogP contribution in [0.15, 0.2) is 18.2 Å². The molecule has 0 radical (unpaired) electrons. The number of rotatable bonds is 3. The molecule has 1 aromatic rings. The van der Waals surface area contributed by atoms with Gasteiger partial charge in [0.05, 0.1) is 18.8 Å². The van der Waals surface area contributed by atoms with Gasteiger partial charge in [0.25, 0.3) is 0 Å². The fourth-order valence-electron chi connectivity index (χ4n) is 2.38. The van der Waals surface area contributed by atoms with Crippen LogP contribution in [0.5, 0.6) is 5.75 Å². The smallest absolute Gasteiger partial charge is 0.217 e. The lowest BCUT2D eigenvalue weighted by Crippen LogP contribution is -2.30. The van der Waals surface area contributed by atoms with Crippen LogP contribution in [0.25, 0.3) is 0 Å². The molecule has 0 aromatic heterocycles. The van der Waals surface area contributed by atoms with Gasteiger partial charge >= 0.3 is 0 Å². The van der Waals surface area contributed by atoms with Crippen molar-refractivity contribution in [3.63, 3.8) is 0 Å². The number of hydrogen-bond donors (Lipinski definition) is 2. The van der Waals surface area contributed by atoms with E-state index in [1.165, 1.54) is 6.92 Å². The zero-order chi connectivity index (χ0) is 14.0. The highest BCUT2D eigenvalue weighted by molar-refractivity contribution is 5.73. The van der Waals surface area contributed by atoms with Crippen LogP contribution in [0.1, 0.15) is 50.5 Å². The summed E-state index contributed by atoms with van der Waals surface area (Å²) in [5.41, 5.74) is 1.83. The normalized spacial score (nSPS) is 19.5. The van der Waals surface area contributed by atoms with Crippen LogP contribution in [0, 0.1) is 5.92 Å². The minimum absolute atomic E-state index is 0.0273. The van der Waals surface area contributed by atoms with Gasteiger partial charge in [-0.1, -0.05) is 19.9 Å². The Labute approximate surface area is 113 Å². The minimum Gasteiger partial charge on any atom is -0.493 e. The zero-order valence-corrected chi connectivity index (χ0v) is 11.6. The van der Waals surface area contributed by atoms with Crippen LogP contribution in [-0.2, 0) is 4.79 Å². The zero-order valence-electron chi connectivity index (χ0n) is 11.6. The molecule has 4 nitrogen and oxygen atoms in total. The Morgan fingerprint density at radius 1 is 1.47 bits per heavy atom. The largest absolute Gasteiger partial charge is 0.493 e. The van der Waals surface area contributed by atoms with Gasteiger partial charge in [0, 0.05) is 18.9 Å². The highest BCUT2D eigenvalue weighted by Crippen LogP contribution is 2.35. The number of amides is 1.